The van der Waals surface area contributed by atoms with Crippen molar-refractivity contribution < 1.29 is 4.79 Å². The molecule has 0 fully saturated rings. The second kappa shape index (κ2) is 7.50. The summed E-state index contributed by atoms with van der Waals surface area (Å²) in [6.07, 6.45) is 0.396. The van der Waals surface area contributed by atoms with Crippen LogP contribution in [0.1, 0.15) is 24.8 Å². The average Bonchev–Trinajstić information content (AvgIpc) is 3.31. The highest BCUT2D eigenvalue weighted by Crippen LogP contribution is 2.24. The monoisotopic (exact) mass is 396 g/mol. The van der Waals surface area contributed by atoms with Crippen LogP contribution in [0.5, 0.6) is 0 Å². The molecule has 1 atom stereocenters. The van der Waals surface area contributed by atoms with Gasteiger partial charge in [0, 0.05) is 22.5 Å². The second-order valence-electron chi connectivity index (χ2n) is 6.40. The third-order valence-corrected chi connectivity index (χ3v) is 5.21. The Labute approximate surface area is 165 Å². The van der Waals surface area contributed by atoms with Gasteiger partial charge in [0.2, 0.25) is 5.91 Å². The molecule has 0 radical (unpaired) electrons. The summed E-state index contributed by atoms with van der Waals surface area (Å²) >= 11 is 7.45. The Morgan fingerprint density at radius 1 is 1.26 bits per heavy atom. The number of hydrogen-bond donors (Lipinski definition) is 2. The number of nitrogens with zero attached hydrogens (tertiary/aromatic N) is 2. The SMILES string of the molecule is CC(CC(=O)Nc1ccc2nc(-c3cscn3)[nH]c2c1)c1ccc(Cl)cc1. The fourth-order valence-electron chi connectivity index (χ4n) is 2.94. The van der Waals surface area contributed by atoms with Crippen LogP contribution >= 0.6 is 22.9 Å². The number of carbonyl (C=O) groups is 1. The van der Waals surface area contributed by atoms with Gasteiger partial charge in [-0.1, -0.05) is 30.7 Å². The Balaban J connectivity index is 1.46. The quantitative estimate of drug-likeness (QED) is 0.469. The van der Waals surface area contributed by atoms with E-state index in [-0.39, 0.29) is 11.8 Å². The average molecular weight is 397 g/mol. The van der Waals surface area contributed by atoms with Crippen LogP contribution in [0.15, 0.2) is 53.4 Å². The van der Waals surface area contributed by atoms with Gasteiger partial charge in [0.15, 0.2) is 5.82 Å². The Morgan fingerprint density at radius 2 is 2.07 bits per heavy atom. The Morgan fingerprint density at radius 3 is 2.81 bits per heavy atom. The van der Waals surface area contributed by atoms with Crippen LogP contribution in [0, 0.1) is 0 Å². The summed E-state index contributed by atoms with van der Waals surface area (Å²) in [6, 6.07) is 13.2. The van der Waals surface area contributed by atoms with E-state index >= 15 is 0 Å². The van der Waals surface area contributed by atoms with Gasteiger partial charge in [-0.3, -0.25) is 4.79 Å². The predicted octanol–water partition coefficient (Wildman–Crippen LogP) is 5.47. The molecule has 0 saturated carbocycles. The van der Waals surface area contributed by atoms with Gasteiger partial charge < -0.3 is 10.3 Å². The molecule has 4 aromatic rings. The van der Waals surface area contributed by atoms with Crippen molar-refractivity contribution >= 4 is 45.6 Å². The number of benzene rings is 2. The van der Waals surface area contributed by atoms with Gasteiger partial charge in [-0.05, 0) is 41.8 Å². The van der Waals surface area contributed by atoms with Crippen LogP contribution in [0.2, 0.25) is 5.02 Å². The smallest absolute Gasteiger partial charge is 0.224 e. The van der Waals surface area contributed by atoms with Crippen molar-refractivity contribution in [1.82, 2.24) is 15.0 Å². The molecule has 0 saturated heterocycles. The number of hydrogen-bond acceptors (Lipinski definition) is 4. The van der Waals surface area contributed by atoms with Gasteiger partial charge in [0.05, 0.1) is 16.5 Å². The van der Waals surface area contributed by atoms with Crippen molar-refractivity contribution in [3.63, 3.8) is 0 Å². The van der Waals surface area contributed by atoms with Crippen LogP contribution in [0.25, 0.3) is 22.6 Å². The molecule has 0 aliphatic carbocycles. The number of nitrogens with one attached hydrogen (secondary N) is 2. The molecule has 2 heterocycles. The number of carbonyl (C=O) groups excluding carboxylic acids is 1. The zero-order chi connectivity index (χ0) is 18.8. The van der Waals surface area contributed by atoms with Crippen LogP contribution in [-0.2, 0) is 4.79 Å². The standard InChI is InChI=1S/C20H17ClN4OS/c1-12(13-2-4-14(21)5-3-13)8-19(26)23-15-6-7-16-17(9-15)25-20(24-16)18-10-27-11-22-18/h2-7,9-12H,8H2,1H3,(H,23,26)(H,24,25). The lowest BCUT2D eigenvalue weighted by molar-refractivity contribution is -0.116. The van der Waals surface area contributed by atoms with Crippen LogP contribution in [0.4, 0.5) is 5.69 Å². The molecule has 0 aliphatic rings. The van der Waals surface area contributed by atoms with Crippen molar-refractivity contribution in [1.29, 1.82) is 0 Å². The summed E-state index contributed by atoms with van der Waals surface area (Å²) in [5, 5.41) is 5.60. The summed E-state index contributed by atoms with van der Waals surface area (Å²) in [5.74, 6) is 0.802. The largest absolute Gasteiger partial charge is 0.337 e. The van der Waals surface area contributed by atoms with Gasteiger partial charge in [0.1, 0.15) is 5.69 Å². The van der Waals surface area contributed by atoms with E-state index in [0.717, 1.165) is 33.8 Å². The van der Waals surface area contributed by atoms with E-state index in [2.05, 4.69) is 20.3 Å². The normalized spacial score (nSPS) is 12.2. The van der Waals surface area contributed by atoms with Gasteiger partial charge in [0.25, 0.3) is 0 Å². The molecule has 1 amide bonds. The first-order valence-electron chi connectivity index (χ1n) is 8.52. The highest BCUT2D eigenvalue weighted by molar-refractivity contribution is 7.07. The Bertz CT molecular complexity index is 1070. The number of imidazole rings is 1. The molecule has 0 spiro atoms. The number of amides is 1. The number of halogens is 1. The molecule has 0 bridgehead atoms. The van der Waals surface area contributed by atoms with E-state index in [1.54, 1.807) is 5.51 Å². The lowest BCUT2D eigenvalue weighted by Gasteiger charge is -2.12. The third kappa shape index (κ3) is 4.02. The van der Waals surface area contributed by atoms with E-state index in [1.807, 2.05) is 54.8 Å². The first-order chi connectivity index (χ1) is 13.1. The Kier molecular flexibility index (Phi) is 4.92. The molecule has 2 aromatic carbocycles. The van der Waals surface area contributed by atoms with Crippen molar-refractivity contribution in [2.45, 2.75) is 19.3 Å². The minimum atomic E-state index is -0.0314. The molecular formula is C20H17ClN4OS. The minimum Gasteiger partial charge on any atom is -0.337 e. The van der Waals surface area contributed by atoms with Crippen LogP contribution in [-0.4, -0.2) is 20.9 Å². The van der Waals surface area contributed by atoms with E-state index in [1.165, 1.54) is 11.3 Å². The molecule has 1 unspecified atom stereocenters. The van der Waals surface area contributed by atoms with Crippen LogP contribution < -0.4 is 5.32 Å². The maximum Gasteiger partial charge on any atom is 0.224 e. The predicted molar refractivity (Wildman–Crippen MR) is 110 cm³/mol. The van der Waals surface area contributed by atoms with Gasteiger partial charge in [-0.2, -0.15) is 0 Å². The molecule has 27 heavy (non-hydrogen) atoms. The van der Waals surface area contributed by atoms with Crippen molar-refractivity contribution in [2.24, 2.45) is 0 Å². The molecular weight excluding hydrogens is 380 g/mol. The van der Waals surface area contributed by atoms with E-state index in [9.17, 15) is 4.79 Å². The summed E-state index contributed by atoms with van der Waals surface area (Å²) in [7, 11) is 0. The summed E-state index contributed by atoms with van der Waals surface area (Å²) < 4.78 is 0. The summed E-state index contributed by atoms with van der Waals surface area (Å²) in [5.41, 5.74) is 6.12. The van der Waals surface area contributed by atoms with Gasteiger partial charge in [-0.25, -0.2) is 9.97 Å². The highest BCUT2D eigenvalue weighted by atomic mass is 35.5. The number of rotatable bonds is 5. The minimum absolute atomic E-state index is 0.0314. The van der Waals surface area contributed by atoms with Gasteiger partial charge >= 0.3 is 0 Å². The fourth-order valence-corrected chi connectivity index (χ4v) is 3.60. The molecule has 2 aromatic heterocycles. The summed E-state index contributed by atoms with van der Waals surface area (Å²) in [6.45, 7) is 2.03. The number of aromatic nitrogens is 3. The maximum absolute atomic E-state index is 12.4. The van der Waals surface area contributed by atoms with Crippen molar-refractivity contribution in [3.05, 3.63) is 63.9 Å². The lowest BCUT2D eigenvalue weighted by atomic mass is 9.97. The lowest BCUT2D eigenvalue weighted by Crippen LogP contribution is -2.14. The molecule has 4 rings (SSSR count). The zero-order valence-corrected chi connectivity index (χ0v) is 16.1. The zero-order valence-electron chi connectivity index (χ0n) is 14.6. The number of H-pyrrole nitrogens is 1. The molecule has 136 valence electrons. The Hall–Kier alpha value is -2.70. The number of fused-ring (bicyclic) bond motifs is 1. The molecule has 7 heteroatoms. The van der Waals surface area contributed by atoms with Gasteiger partial charge in [-0.15, -0.1) is 11.3 Å². The van der Waals surface area contributed by atoms with E-state index in [0.29, 0.717) is 11.4 Å². The fraction of sp³-hybridized carbons (Fsp3) is 0.150. The third-order valence-electron chi connectivity index (χ3n) is 4.37. The number of aromatic amines is 1. The van der Waals surface area contributed by atoms with Crippen molar-refractivity contribution in [3.8, 4) is 11.5 Å². The number of thiazole rings is 1. The van der Waals surface area contributed by atoms with E-state index < -0.39 is 0 Å². The topological polar surface area (TPSA) is 70.7 Å². The van der Waals surface area contributed by atoms with E-state index in [4.69, 9.17) is 11.6 Å². The highest BCUT2D eigenvalue weighted by Gasteiger charge is 2.13. The van der Waals surface area contributed by atoms with Crippen LogP contribution in [0.3, 0.4) is 0 Å². The summed E-state index contributed by atoms with van der Waals surface area (Å²) in [4.78, 5) is 24.5. The van der Waals surface area contributed by atoms with Crippen molar-refractivity contribution in [2.75, 3.05) is 5.32 Å². The maximum atomic E-state index is 12.4. The molecule has 0 aliphatic heterocycles. The second-order valence-corrected chi connectivity index (χ2v) is 7.55. The molecule has 2 N–H and O–H groups in total. The number of anilines is 1. The first-order valence-corrected chi connectivity index (χ1v) is 9.84. The first kappa shape index (κ1) is 17.7. The molecule has 5 nitrogen and oxygen atoms in total.